The topological polar surface area (TPSA) is 98.3 Å². The molecule has 3 aromatic heterocycles. The van der Waals surface area contributed by atoms with E-state index in [1.165, 1.54) is 30.6 Å². The summed E-state index contributed by atoms with van der Waals surface area (Å²) in [6, 6.07) is 4.60. The molecule has 1 saturated carbocycles. The Kier molecular flexibility index (Phi) is 8.51. The number of pyridine rings is 2. The van der Waals surface area contributed by atoms with Crippen LogP contribution in [-0.4, -0.2) is 32.8 Å². The molecule has 0 spiro atoms. The monoisotopic (exact) mass is 605 g/mol. The summed E-state index contributed by atoms with van der Waals surface area (Å²) in [4.78, 5) is 19.0. The third-order valence-electron chi connectivity index (χ3n) is 6.67. The van der Waals surface area contributed by atoms with Crippen molar-refractivity contribution in [2.45, 2.75) is 50.6 Å². The average Bonchev–Trinajstić information content (AvgIpc) is 3.69. The molecule has 1 N–H and O–H groups in total. The molecular weight excluding hydrogens is 582 g/mol. The van der Waals surface area contributed by atoms with Crippen LogP contribution in [0.1, 0.15) is 71.8 Å². The lowest BCUT2D eigenvalue weighted by molar-refractivity contribution is -0.136. The SMILES string of the molecule is O=C(O)c1cc(C(F)(F)F)c2cc(OCCCCC/C=C/c3c(-c4c(Cl)cncc4Cl)noc3C3CC3)ccc2n1. The summed E-state index contributed by atoms with van der Waals surface area (Å²) in [6.45, 7) is 0.317. The Bertz CT molecular complexity index is 1600. The molecule has 1 aliphatic rings. The standard InChI is InChI=1S/C29H24Cl2F3N3O4/c30-21-14-35-15-22(31)25(21)26-18(27(41-37-26)16-7-8-16)6-4-2-1-3-5-11-40-17-9-10-23-19(12-17)20(29(32,33)34)13-24(36-23)28(38)39/h4,6,9-10,12-16H,1-3,5,7-8,11H2,(H,38,39)/b6-4+. The summed E-state index contributed by atoms with van der Waals surface area (Å²) < 4.78 is 52.0. The van der Waals surface area contributed by atoms with Crippen LogP contribution < -0.4 is 4.74 Å². The average molecular weight is 606 g/mol. The number of hydrogen-bond donors (Lipinski definition) is 1. The Morgan fingerprint density at radius 3 is 2.56 bits per heavy atom. The molecule has 3 heterocycles. The van der Waals surface area contributed by atoms with Gasteiger partial charge in [0.1, 0.15) is 22.9 Å². The molecule has 0 unspecified atom stereocenters. The number of ether oxygens (including phenoxy) is 1. The van der Waals surface area contributed by atoms with Crippen molar-refractivity contribution in [1.29, 1.82) is 0 Å². The molecule has 7 nitrogen and oxygen atoms in total. The fraction of sp³-hybridized carbons (Fsp3) is 0.310. The zero-order valence-electron chi connectivity index (χ0n) is 21.5. The highest BCUT2D eigenvalue weighted by Gasteiger charge is 2.34. The van der Waals surface area contributed by atoms with Crippen molar-refractivity contribution in [3.05, 3.63) is 75.4 Å². The Morgan fingerprint density at radius 1 is 1.12 bits per heavy atom. The number of carboxylic acid groups (broad SMARTS) is 1. The summed E-state index contributed by atoms with van der Waals surface area (Å²) in [7, 11) is 0. The van der Waals surface area contributed by atoms with E-state index in [0.717, 1.165) is 43.4 Å². The van der Waals surface area contributed by atoms with Crippen molar-refractivity contribution < 1.29 is 32.3 Å². The van der Waals surface area contributed by atoms with Crippen molar-refractivity contribution in [3.8, 4) is 17.0 Å². The molecule has 0 atom stereocenters. The number of allylic oxidation sites excluding steroid dienone is 1. The number of aromatic nitrogens is 3. The Balaban J connectivity index is 1.17. The lowest BCUT2D eigenvalue weighted by Gasteiger charge is -2.13. The van der Waals surface area contributed by atoms with Gasteiger partial charge in [-0.05, 0) is 62.8 Å². The van der Waals surface area contributed by atoms with E-state index < -0.39 is 23.4 Å². The van der Waals surface area contributed by atoms with Crippen LogP contribution >= 0.6 is 23.2 Å². The number of carbonyl (C=O) groups is 1. The van der Waals surface area contributed by atoms with E-state index in [9.17, 15) is 18.0 Å². The highest BCUT2D eigenvalue weighted by Crippen LogP contribution is 2.46. The molecule has 0 saturated heterocycles. The number of aromatic carboxylic acids is 1. The summed E-state index contributed by atoms with van der Waals surface area (Å²) in [6.07, 6.45) is 7.61. The molecule has 5 rings (SSSR count). The quantitative estimate of drug-likeness (QED) is 0.170. The smallest absolute Gasteiger partial charge is 0.417 e. The summed E-state index contributed by atoms with van der Waals surface area (Å²) >= 11 is 12.7. The summed E-state index contributed by atoms with van der Waals surface area (Å²) in [5.74, 6) is -0.106. The second-order valence-electron chi connectivity index (χ2n) is 9.70. The van der Waals surface area contributed by atoms with Gasteiger partial charge < -0.3 is 14.4 Å². The minimum absolute atomic E-state index is 0.0642. The van der Waals surface area contributed by atoms with E-state index in [2.05, 4.69) is 15.1 Å². The van der Waals surface area contributed by atoms with E-state index in [1.54, 1.807) is 0 Å². The van der Waals surface area contributed by atoms with Gasteiger partial charge in [0, 0.05) is 34.8 Å². The molecule has 12 heteroatoms. The maximum atomic E-state index is 13.6. The molecule has 214 valence electrons. The van der Waals surface area contributed by atoms with Gasteiger partial charge in [-0.1, -0.05) is 40.5 Å². The summed E-state index contributed by atoms with van der Waals surface area (Å²) in [5, 5.41) is 13.9. The Hall–Kier alpha value is -3.63. The fourth-order valence-electron chi connectivity index (χ4n) is 4.50. The fourth-order valence-corrected chi connectivity index (χ4v) is 5.04. The number of nitrogens with zero attached hydrogens (tertiary/aromatic N) is 3. The first-order chi connectivity index (χ1) is 19.6. The van der Waals surface area contributed by atoms with Crippen LogP contribution in [0.25, 0.3) is 28.2 Å². The first-order valence-corrected chi connectivity index (χ1v) is 13.7. The van der Waals surface area contributed by atoms with Gasteiger partial charge in [-0.15, -0.1) is 0 Å². The first kappa shape index (κ1) is 28.9. The van der Waals surface area contributed by atoms with Crippen LogP contribution in [-0.2, 0) is 6.18 Å². The molecule has 1 aliphatic carbocycles. The zero-order chi connectivity index (χ0) is 29.1. The normalized spacial score (nSPS) is 13.8. The van der Waals surface area contributed by atoms with Gasteiger partial charge in [0.05, 0.1) is 27.7 Å². The number of rotatable bonds is 11. The van der Waals surface area contributed by atoms with Crippen molar-refractivity contribution in [3.63, 3.8) is 0 Å². The maximum absolute atomic E-state index is 13.6. The van der Waals surface area contributed by atoms with E-state index in [1.807, 2.05) is 12.2 Å². The predicted octanol–water partition coefficient (Wildman–Crippen LogP) is 8.84. The minimum atomic E-state index is -4.74. The molecule has 0 bridgehead atoms. The Morgan fingerprint density at radius 2 is 1.88 bits per heavy atom. The lowest BCUT2D eigenvalue weighted by Crippen LogP contribution is -2.10. The highest BCUT2D eigenvalue weighted by atomic mass is 35.5. The van der Waals surface area contributed by atoms with E-state index in [-0.39, 0.29) is 16.7 Å². The van der Waals surface area contributed by atoms with Crippen LogP contribution in [0.3, 0.4) is 0 Å². The predicted molar refractivity (Wildman–Crippen MR) is 148 cm³/mol. The van der Waals surface area contributed by atoms with Gasteiger partial charge in [-0.25, -0.2) is 9.78 Å². The second-order valence-corrected chi connectivity index (χ2v) is 10.5. The van der Waals surface area contributed by atoms with Crippen molar-refractivity contribution >= 4 is 46.2 Å². The molecule has 0 aliphatic heterocycles. The van der Waals surface area contributed by atoms with Gasteiger partial charge in [0.25, 0.3) is 0 Å². The van der Waals surface area contributed by atoms with Crippen molar-refractivity contribution in [2.24, 2.45) is 0 Å². The molecule has 0 radical (unpaired) electrons. The minimum Gasteiger partial charge on any atom is -0.494 e. The van der Waals surface area contributed by atoms with E-state index in [4.69, 9.17) is 37.6 Å². The lowest BCUT2D eigenvalue weighted by atomic mass is 10.0. The number of hydrogen-bond acceptors (Lipinski definition) is 6. The number of halogens is 5. The van der Waals surface area contributed by atoms with Crippen LogP contribution in [0.5, 0.6) is 5.75 Å². The van der Waals surface area contributed by atoms with Gasteiger partial charge in [-0.3, -0.25) is 4.98 Å². The number of alkyl halides is 3. The number of unbranched alkanes of at least 4 members (excludes halogenated alkanes) is 3. The maximum Gasteiger partial charge on any atom is 0.417 e. The third kappa shape index (κ3) is 6.65. The zero-order valence-corrected chi connectivity index (χ0v) is 23.1. The van der Waals surface area contributed by atoms with Crippen LogP contribution in [0, 0.1) is 0 Å². The second kappa shape index (κ2) is 12.1. The molecule has 1 fully saturated rings. The van der Waals surface area contributed by atoms with Crippen LogP contribution in [0.2, 0.25) is 10.0 Å². The van der Waals surface area contributed by atoms with Crippen LogP contribution in [0.4, 0.5) is 13.2 Å². The van der Waals surface area contributed by atoms with E-state index >= 15 is 0 Å². The van der Waals surface area contributed by atoms with Crippen molar-refractivity contribution in [2.75, 3.05) is 6.61 Å². The molecule has 4 aromatic rings. The molecular formula is C29H24Cl2F3N3O4. The number of carboxylic acids is 1. The highest BCUT2D eigenvalue weighted by molar-refractivity contribution is 6.39. The third-order valence-corrected chi connectivity index (χ3v) is 7.24. The van der Waals surface area contributed by atoms with Gasteiger partial charge >= 0.3 is 12.1 Å². The summed E-state index contributed by atoms with van der Waals surface area (Å²) in [5.41, 5.74) is 0.251. The van der Waals surface area contributed by atoms with Crippen molar-refractivity contribution in [1.82, 2.24) is 15.1 Å². The number of benzene rings is 1. The Labute approximate surface area is 242 Å². The van der Waals surface area contributed by atoms with Crippen LogP contribution in [0.15, 0.2) is 47.3 Å². The first-order valence-electron chi connectivity index (χ1n) is 13.0. The molecule has 41 heavy (non-hydrogen) atoms. The molecule has 1 aromatic carbocycles. The van der Waals surface area contributed by atoms with Gasteiger partial charge in [0.15, 0.2) is 0 Å². The van der Waals surface area contributed by atoms with Gasteiger partial charge in [0.2, 0.25) is 0 Å². The van der Waals surface area contributed by atoms with Gasteiger partial charge in [-0.2, -0.15) is 13.2 Å². The largest absolute Gasteiger partial charge is 0.494 e. The van der Waals surface area contributed by atoms with E-state index in [0.29, 0.717) is 46.3 Å². The molecule has 0 amide bonds. The number of fused-ring (bicyclic) bond motifs is 1.